The lowest BCUT2D eigenvalue weighted by Crippen LogP contribution is -2.52. The van der Waals surface area contributed by atoms with Crippen LogP contribution in [0.15, 0.2) is 0 Å². The lowest BCUT2D eigenvalue weighted by atomic mass is 10.0. The van der Waals surface area contributed by atoms with Crippen LogP contribution in [0.1, 0.15) is 33.1 Å². The molecule has 1 fully saturated rings. The molecule has 0 radical (unpaired) electrons. The molecule has 2 unspecified atom stereocenters. The maximum atomic E-state index is 3.65. The number of nitrogens with zero attached hydrogens (tertiary/aromatic N) is 2. The van der Waals surface area contributed by atoms with Gasteiger partial charge >= 0.3 is 0 Å². The van der Waals surface area contributed by atoms with Crippen LogP contribution in [0.25, 0.3) is 0 Å². The third-order valence-corrected chi connectivity index (χ3v) is 3.80. The van der Waals surface area contributed by atoms with E-state index >= 15 is 0 Å². The maximum Gasteiger partial charge on any atom is 0.0373 e. The van der Waals surface area contributed by atoms with Gasteiger partial charge in [-0.15, -0.1) is 11.8 Å². The van der Waals surface area contributed by atoms with Crippen molar-refractivity contribution in [2.45, 2.75) is 45.2 Å². The molecule has 104 valence electrons. The van der Waals surface area contributed by atoms with Crippen molar-refractivity contribution in [1.29, 1.82) is 0 Å². The molecule has 18 heavy (non-hydrogen) atoms. The number of hydrogen-bond donors (Lipinski definition) is 1. The predicted octanol–water partition coefficient (Wildman–Crippen LogP) is 1.40. The van der Waals surface area contributed by atoms with Crippen LogP contribution in [-0.4, -0.2) is 62.2 Å². The SMILES string of the molecule is CC#CCCC(NCC)C1CN(C)CCCN1C. The first-order valence-electron chi connectivity index (χ1n) is 7.20. The number of rotatable bonds is 5. The predicted molar refractivity (Wildman–Crippen MR) is 78.7 cm³/mol. The van der Waals surface area contributed by atoms with E-state index in [0.29, 0.717) is 12.1 Å². The van der Waals surface area contributed by atoms with Gasteiger partial charge in [-0.3, -0.25) is 0 Å². The first-order valence-corrected chi connectivity index (χ1v) is 7.20. The van der Waals surface area contributed by atoms with Crippen molar-refractivity contribution < 1.29 is 0 Å². The fourth-order valence-electron chi connectivity index (χ4n) is 2.79. The number of hydrogen-bond acceptors (Lipinski definition) is 3. The summed E-state index contributed by atoms with van der Waals surface area (Å²) in [4.78, 5) is 4.99. The van der Waals surface area contributed by atoms with Crippen molar-refractivity contribution in [1.82, 2.24) is 15.1 Å². The molecule has 0 saturated carbocycles. The van der Waals surface area contributed by atoms with Gasteiger partial charge in [0.2, 0.25) is 0 Å². The van der Waals surface area contributed by atoms with Crippen molar-refractivity contribution >= 4 is 0 Å². The Hall–Kier alpha value is -0.560. The summed E-state index contributed by atoms with van der Waals surface area (Å²) in [6.07, 6.45) is 3.43. The minimum absolute atomic E-state index is 0.557. The molecule has 0 aromatic carbocycles. The Morgan fingerprint density at radius 1 is 1.33 bits per heavy atom. The zero-order chi connectivity index (χ0) is 13.4. The molecular weight excluding hydrogens is 222 g/mol. The van der Waals surface area contributed by atoms with Crippen LogP contribution in [0.5, 0.6) is 0 Å². The lowest BCUT2D eigenvalue weighted by molar-refractivity contribution is 0.174. The minimum Gasteiger partial charge on any atom is -0.313 e. The van der Waals surface area contributed by atoms with Gasteiger partial charge in [0.05, 0.1) is 0 Å². The van der Waals surface area contributed by atoms with Gasteiger partial charge in [-0.05, 0) is 53.5 Å². The molecule has 0 aromatic heterocycles. The largest absolute Gasteiger partial charge is 0.313 e. The second-order valence-corrected chi connectivity index (χ2v) is 5.29. The molecule has 0 aromatic rings. The first-order chi connectivity index (χ1) is 8.69. The van der Waals surface area contributed by atoms with Crippen LogP contribution >= 0.6 is 0 Å². The van der Waals surface area contributed by atoms with Gasteiger partial charge in [-0.25, -0.2) is 0 Å². The zero-order valence-electron chi connectivity index (χ0n) is 12.5. The maximum absolute atomic E-state index is 3.65. The molecule has 0 spiro atoms. The van der Waals surface area contributed by atoms with Gasteiger partial charge < -0.3 is 15.1 Å². The van der Waals surface area contributed by atoms with Crippen molar-refractivity contribution in [2.24, 2.45) is 0 Å². The topological polar surface area (TPSA) is 18.5 Å². The smallest absolute Gasteiger partial charge is 0.0373 e. The Balaban J connectivity index is 2.63. The van der Waals surface area contributed by atoms with Crippen LogP contribution in [0.2, 0.25) is 0 Å². The Morgan fingerprint density at radius 3 is 2.78 bits per heavy atom. The molecule has 1 heterocycles. The van der Waals surface area contributed by atoms with Crippen molar-refractivity contribution in [3.05, 3.63) is 0 Å². The molecule has 0 bridgehead atoms. The van der Waals surface area contributed by atoms with Crippen LogP contribution in [0.3, 0.4) is 0 Å². The third kappa shape index (κ3) is 4.97. The second kappa shape index (κ2) is 8.53. The summed E-state index contributed by atoms with van der Waals surface area (Å²) in [7, 11) is 4.50. The molecule has 1 aliphatic rings. The van der Waals surface area contributed by atoms with E-state index in [1.807, 2.05) is 6.92 Å². The monoisotopic (exact) mass is 251 g/mol. The van der Waals surface area contributed by atoms with E-state index in [9.17, 15) is 0 Å². The Labute approximate surface area is 113 Å². The summed E-state index contributed by atoms with van der Waals surface area (Å²) in [5, 5.41) is 3.65. The molecule has 0 aliphatic carbocycles. The quantitative estimate of drug-likeness (QED) is 0.745. The van der Waals surface area contributed by atoms with Gasteiger partial charge in [0.1, 0.15) is 0 Å². The number of nitrogens with one attached hydrogen (secondary N) is 1. The van der Waals surface area contributed by atoms with Crippen molar-refractivity contribution in [3.8, 4) is 11.8 Å². The van der Waals surface area contributed by atoms with Crippen LogP contribution < -0.4 is 5.32 Å². The van der Waals surface area contributed by atoms with E-state index in [1.165, 1.54) is 19.5 Å². The van der Waals surface area contributed by atoms with Crippen LogP contribution in [0.4, 0.5) is 0 Å². The number of likely N-dealkylation sites (N-methyl/N-ethyl adjacent to an activating group) is 3. The normalized spacial score (nSPS) is 24.1. The van der Waals surface area contributed by atoms with Gasteiger partial charge in [-0.2, -0.15) is 0 Å². The average molecular weight is 251 g/mol. The first kappa shape index (κ1) is 15.5. The highest BCUT2D eigenvalue weighted by Crippen LogP contribution is 2.14. The third-order valence-electron chi connectivity index (χ3n) is 3.80. The summed E-state index contributed by atoms with van der Waals surface area (Å²) >= 11 is 0. The molecule has 3 heteroatoms. The Morgan fingerprint density at radius 2 is 2.11 bits per heavy atom. The molecule has 3 nitrogen and oxygen atoms in total. The molecule has 0 amide bonds. The molecule has 1 N–H and O–H groups in total. The average Bonchev–Trinajstić information content (AvgIpc) is 2.50. The highest BCUT2D eigenvalue weighted by molar-refractivity contribution is 4.97. The Kier molecular flexibility index (Phi) is 7.34. The van der Waals surface area contributed by atoms with Crippen molar-refractivity contribution in [2.75, 3.05) is 40.3 Å². The molecule has 1 aliphatic heterocycles. The van der Waals surface area contributed by atoms with Gasteiger partial charge in [-0.1, -0.05) is 6.92 Å². The summed E-state index contributed by atoms with van der Waals surface area (Å²) < 4.78 is 0. The highest BCUT2D eigenvalue weighted by atomic mass is 15.2. The molecular formula is C15H29N3. The van der Waals surface area contributed by atoms with E-state index in [0.717, 1.165) is 25.9 Å². The standard InChI is InChI=1S/C15H29N3/c1-5-7-8-10-14(16-6-2)15-13-17(3)11-9-12-18(15)4/h14-16H,6,8-13H2,1-4H3. The Bertz CT molecular complexity index is 279. The molecule has 2 atom stereocenters. The highest BCUT2D eigenvalue weighted by Gasteiger charge is 2.27. The molecule has 1 saturated heterocycles. The van der Waals surface area contributed by atoms with E-state index in [-0.39, 0.29) is 0 Å². The fraction of sp³-hybridized carbons (Fsp3) is 0.867. The summed E-state index contributed by atoms with van der Waals surface area (Å²) in [5.74, 6) is 6.19. The molecule has 1 rings (SSSR count). The lowest BCUT2D eigenvalue weighted by Gasteiger charge is -2.34. The summed E-state index contributed by atoms with van der Waals surface area (Å²) in [5.41, 5.74) is 0. The van der Waals surface area contributed by atoms with Gasteiger partial charge in [0.25, 0.3) is 0 Å². The van der Waals surface area contributed by atoms with E-state index in [1.54, 1.807) is 0 Å². The van der Waals surface area contributed by atoms with Gasteiger partial charge in [0, 0.05) is 25.0 Å². The van der Waals surface area contributed by atoms with E-state index in [4.69, 9.17) is 0 Å². The summed E-state index contributed by atoms with van der Waals surface area (Å²) in [6.45, 7) is 8.74. The van der Waals surface area contributed by atoms with E-state index in [2.05, 4.69) is 48.0 Å². The summed E-state index contributed by atoms with van der Waals surface area (Å²) in [6, 6.07) is 1.16. The van der Waals surface area contributed by atoms with Crippen LogP contribution in [-0.2, 0) is 0 Å². The van der Waals surface area contributed by atoms with Gasteiger partial charge in [0.15, 0.2) is 0 Å². The van der Waals surface area contributed by atoms with Crippen LogP contribution in [0, 0.1) is 11.8 Å². The van der Waals surface area contributed by atoms with Crippen molar-refractivity contribution in [3.63, 3.8) is 0 Å². The minimum atomic E-state index is 0.557. The van der Waals surface area contributed by atoms with E-state index < -0.39 is 0 Å². The second-order valence-electron chi connectivity index (χ2n) is 5.29. The zero-order valence-corrected chi connectivity index (χ0v) is 12.5. The fourth-order valence-corrected chi connectivity index (χ4v) is 2.79.